The molecule has 1 fully saturated rings. The zero-order valence-corrected chi connectivity index (χ0v) is 10.6. The third-order valence-corrected chi connectivity index (χ3v) is 3.17. The predicted octanol–water partition coefficient (Wildman–Crippen LogP) is 1.44. The van der Waals surface area contributed by atoms with Crippen molar-refractivity contribution in [3.8, 4) is 0 Å². The largest absolute Gasteiger partial charge is 0.368 e. The van der Waals surface area contributed by atoms with Crippen LogP contribution in [0, 0.1) is 13.8 Å². The molecule has 0 aliphatic carbocycles. The van der Waals surface area contributed by atoms with Crippen LogP contribution in [-0.2, 0) is 4.79 Å². The van der Waals surface area contributed by atoms with Crippen molar-refractivity contribution in [1.82, 2.24) is 15.3 Å². The molecule has 1 aromatic heterocycles. The van der Waals surface area contributed by atoms with Crippen LogP contribution in [0.2, 0.25) is 5.15 Å². The smallest absolute Gasteiger partial charge is 0.220 e. The summed E-state index contributed by atoms with van der Waals surface area (Å²) in [7, 11) is 0. The zero-order valence-electron chi connectivity index (χ0n) is 9.88. The van der Waals surface area contributed by atoms with Crippen LogP contribution in [0.1, 0.15) is 24.2 Å². The maximum Gasteiger partial charge on any atom is 0.220 e. The Balaban J connectivity index is 2.01. The van der Waals surface area contributed by atoms with Crippen LogP contribution in [-0.4, -0.2) is 28.5 Å². The predicted molar refractivity (Wildman–Crippen MR) is 66.2 cm³/mol. The zero-order chi connectivity index (χ0) is 12.4. The van der Waals surface area contributed by atoms with E-state index >= 15 is 0 Å². The van der Waals surface area contributed by atoms with E-state index in [0.29, 0.717) is 23.9 Å². The van der Waals surface area contributed by atoms with Crippen molar-refractivity contribution in [2.24, 2.45) is 0 Å². The number of amides is 1. The molecule has 1 unspecified atom stereocenters. The molecule has 1 aliphatic heterocycles. The molecular formula is C11H15ClN4O. The molecule has 1 atom stereocenters. The third-order valence-electron chi connectivity index (χ3n) is 2.80. The van der Waals surface area contributed by atoms with Gasteiger partial charge in [-0.05, 0) is 20.3 Å². The van der Waals surface area contributed by atoms with Gasteiger partial charge in [0.2, 0.25) is 5.91 Å². The Morgan fingerprint density at radius 2 is 2.24 bits per heavy atom. The Hall–Kier alpha value is -1.36. The Bertz CT molecular complexity index is 449. The second kappa shape index (κ2) is 4.87. The molecule has 2 N–H and O–H groups in total. The highest BCUT2D eigenvalue weighted by Crippen LogP contribution is 2.19. The molecule has 0 saturated carbocycles. The number of carbonyl (C=O) groups is 1. The van der Waals surface area contributed by atoms with E-state index in [1.807, 2.05) is 6.92 Å². The number of nitrogens with zero attached hydrogens (tertiary/aromatic N) is 2. The summed E-state index contributed by atoms with van der Waals surface area (Å²) in [6.07, 6.45) is 1.47. The topological polar surface area (TPSA) is 66.9 Å². The third kappa shape index (κ3) is 2.85. The van der Waals surface area contributed by atoms with Gasteiger partial charge in [-0.2, -0.15) is 0 Å². The van der Waals surface area contributed by atoms with Gasteiger partial charge in [0.25, 0.3) is 0 Å². The van der Waals surface area contributed by atoms with Crippen LogP contribution in [0.3, 0.4) is 0 Å². The highest BCUT2D eigenvalue weighted by atomic mass is 35.5. The fraction of sp³-hybridized carbons (Fsp3) is 0.545. The molecule has 1 amide bonds. The van der Waals surface area contributed by atoms with Crippen LogP contribution in [0.25, 0.3) is 0 Å². The van der Waals surface area contributed by atoms with Gasteiger partial charge in [-0.1, -0.05) is 11.6 Å². The number of halogens is 1. The first kappa shape index (κ1) is 12.1. The molecule has 6 heteroatoms. The molecule has 1 aliphatic rings. The number of carbonyl (C=O) groups excluding carboxylic acids is 1. The van der Waals surface area contributed by atoms with Gasteiger partial charge in [-0.15, -0.1) is 0 Å². The molecular weight excluding hydrogens is 240 g/mol. The summed E-state index contributed by atoms with van der Waals surface area (Å²) < 4.78 is 0. The van der Waals surface area contributed by atoms with Crippen molar-refractivity contribution in [3.05, 3.63) is 16.5 Å². The van der Waals surface area contributed by atoms with Crippen molar-refractivity contribution < 1.29 is 4.79 Å². The monoisotopic (exact) mass is 254 g/mol. The molecule has 0 bridgehead atoms. The van der Waals surface area contributed by atoms with Crippen LogP contribution in [0.5, 0.6) is 0 Å². The molecule has 0 aromatic carbocycles. The van der Waals surface area contributed by atoms with Gasteiger partial charge >= 0.3 is 0 Å². The number of rotatable bonds is 3. The van der Waals surface area contributed by atoms with Crippen molar-refractivity contribution >= 4 is 23.3 Å². The fourth-order valence-corrected chi connectivity index (χ4v) is 2.03. The summed E-state index contributed by atoms with van der Waals surface area (Å²) in [4.78, 5) is 19.4. The standard InChI is InChI=1S/C11H15ClN4O/c1-6-10(12)14-7(2)15-11(6)13-5-8-3-4-9(17)16-8/h8H,3-5H2,1-2H3,(H,16,17)(H,13,14,15). The summed E-state index contributed by atoms with van der Waals surface area (Å²) in [5, 5.41) is 6.57. The van der Waals surface area contributed by atoms with Gasteiger partial charge in [-0.3, -0.25) is 4.79 Å². The Labute approximate surface area is 105 Å². The van der Waals surface area contributed by atoms with E-state index in [9.17, 15) is 4.79 Å². The van der Waals surface area contributed by atoms with E-state index in [4.69, 9.17) is 11.6 Å². The number of aryl methyl sites for hydroxylation is 1. The van der Waals surface area contributed by atoms with Gasteiger partial charge < -0.3 is 10.6 Å². The summed E-state index contributed by atoms with van der Waals surface area (Å²) in [5.41, 5.74) is 0.835. The second-order valence-corrected chi connectivity index (χ2v) is 4.58. The summed E-state index contributed by atoms with van der Waals surface area (Å²) in [6.45, 7) is 4.34. The van der Waals surface area contributed by atoms with E-state index < -0.39 is 0 Å². The van der Waals surface area contributed by atoms with Crippen LogP contribution >= 0.6 is 11.6 Å². The second-order valence-electron chi connectivity index (χ2n) is 4.22. The van der Waals surface area contributed by atoms with E-state index in [0.717, 1.165) is 17.8 Å². The van der Waals surface area contributed by atoms with Crippen molar-refractivity contribution in [1.29, 1.82) is 0 Å². The lowest BCUT2D eigenvalue weighted by Crippen LogP contribution is -2.32. The van der Waals surface area contributed by atoms with Gasteiger partial charge in [0.1, 0.15) is 16.8 Å². The van der Waals surface area contributed by atoms with Gasteiger partial charge in [-0.25, -0.2) is 9.97 Å². The van der Waals surface area contributed by atoms with Gasteiger partial charge in [0.15, 0.2) is 0 Å². The number of hydrogen-bond acceptors (Lipinski definition) is 4. The van der Waals surface area contributed by atoms with E-state index in [-0.39, 0.29) is 11.9 Å². The summed E-state index contributed by atoms with van der Waals surface area (Å²) >= 11 is 5.98. The lowest BCUT2D eigenvalue weighted by Gasteiger charge is -2.14. The van der Waals surface area contributed by atoms with E-state index in [2.05, 4.69) is 20.6 Å². The van der Waals surface area contributed by atoms with Crippen LogP contribution in [0.15, 0.2) is 0 Å². The van der Waals surface area contributed by atoms with Crippen molar-refractivity contribution in [2.45, 2.75) is 32.7 Å². The quantitative estimate of drug-likeness (QED) is 0.801. The lowest BCUT2D eigenvalue weighted by atomic mass is 10.2. The van der Waals surface area contributed by atoms with Crippen molar-refractivity contribution in [3.63, 3.8) is 0 Å². The van der Waals surface area contributed by atoms with Crippen LogP contribution in [0.4, 0.5) is 5.82 Å². The SMILES string of the molecule is Cc1nc(Cl)c(C)c(NCC2CCC(=O)N2)n1. The minimum atomic E-state index is 0.116. The molecule has 17 heavy (non-hydrogen) atoms. The molecule has 2 rings (SSSR count). The number of aromatic nitrogens is 2. The first-order valence-electron chi connectivity index (χ1n) is 5.60. The molecule has 1 saturated heterocycles. The number of nitrogens with one attached hydrogen (secondary N) is 2. The Kier molecular flexibility index (Phi) is 3.47. The Morgan fingerprint density at radius 3 is 2.88 bits per heavy atom. The van der Waals surface area contributed by atoms with E-state index in [1.165, 1.54) is 0 Å². The summed E-state index contributed by atoms with van der Waals surface area (Å²) in [6, 6.07) is 0.177. The molecule has 0 spiro atoms. The van der Waals surface area contributed by atoms with Gasteiger partial charge in [0, 0.05) is 24.6 Å². The molecule has 92 valence electrons. The lowest BCUT2D eigenvalue weighted by molar-refractivity contribution is -0.119. The minimum absolute atomic E-state index is 0.116. The first-order chi connectivity index (χ1) is 8.06. The van der Waals surface area contributed by atoms with Crippen molar-refractivity contribution in [2.75, 3.05) is 11.9 Å². The highest BCUT2D eigenvalue weighted by Gasteiger charge is 2.20. The highest BCUT2D eigenvalue weighted by molar-refractivity contribution is 6.30. The first-order valence-corrected chi connectivity index (χ1v) is 5.98. The molecule has 2 heterocycles. The van der Waals surface area contributed by atoms with Gasteiger partial charge in [0.05, 0.1) is 0 Å². The summed E-state index contributed by atoms with van der Waals surface area (Å²) in [5.74, 6) is 1.49. The minimum Gasteiger partial charge on any atom is -0.368 e. The maximum atomic E-state index is 11.1. The fourth-order valence-electron chi connectivity index (χ4n) is 1.82. The maximum absolute atomic E-state index is 11.1. The average Bonchev–Trinajstić information content (AvgIpc) is 2.67. The average molecular weight is 255 g/mol. The number of anilines is 1. The van der Waals surface area contributed by atoms with Crippen LogP contribution < -0.4 is 10.6 Å². The number of hydrogen-bond donors (Lipinski definition) is 2. The molecule has 1 aromatic rings. The molecule has 0 radical (unpaired) electrons. The normalized spacial score (nSPS) is 19.2. The Morgan fingerprint density at radius 1 is 1.47 bits per heavy atom. The van der Waals surface area contributed by atoms with E-state index in [1.54, 1.807) is 6.92 Å². The molecule has 5 nitrogen and oxygen atoms in total.